The van der Waals surface area contributed by atoms with Crippen LogP contribution < -0.4 is 5.32 Å². The lowest BCUT2D eigenvalue weighted by Gasteiger charge is -2.29. The van der Waals surface area contributed by atoms with E-state index in [4.69, 9.17) is 0 Å². The van der Waals surface area contributed by atoms with E-state index in [1.54, 1.807) is 0 Å². The Balaban J connectivity index is 1.47. The lowest BCUT2D eigenvalue weighted by molar-refractivity contribution is -0.122. The minimum absolute atomic E-state index is 0.221. The van der Waals surface area contributed by atoms with E-state index in [1.165, 1.54) is 35.7 Å². The predicted molar refractivity (Wildman–Crippen MR) is 90.8 cm³/mol. The number of nitrogens with one attached hydrogen (secondary N) is 2. The molecular weight excluding hydrogens is 272 g/mol. The van der Waals surface area contributed by atoms with E-state index >= 15 is 0 Å². The third-order valence-electron chi connectivity index (χ3n) is 4.98. The summed E-state index contributed by atoms with van der Waals surface area (Å²) < 4.78 is 0. The number of carbonyl (C=O) groups is 1. The van der Waals surface area contributed by atoms with Crippen LogP contribution in [0.5, 0.6) is 0 Å². The topological polar surface area (TPSA) is 44.9 Å². The van der Waals surface area contributed by atoms with E-state index in [-0.39, 0.29) is 5.91 Å². The predicted octanol–water partition coefficient (Wildman–Crippen LogP) is 4.19. The number of amides is 1. The smallest absolute Gasteiger partial charge is 0.220 e. The largest absolute Gasteiger partial charge is 0.361 e. The minimum Gasteiger partial charge on any atom is -0.361 e. The normalized spacial score (nSPS) is 21.9. The van der Waals surface area contributed by atoms with Crippen LogP contribution in [0, 0.1) is 5.92 Å². The summed E-state index contributed by atoms with van der Waals surface area (Å²) in [5.41, 5.74) is 2.49. The van der Waals surface area contributed by atoms with Crippen molar-refractivity contribution in [1.29, 1.82) is 0 Å². The Labute approximate surface area is 132 Å². The van der Waals surface area contributed by atoms with Gasteiger partial charge in [0.1, 0.15) is 0 Å². The van der Waals surface area contributed by atoms with E-state index in [9.17, 15) is 4.79 Å². The number of aromatic amines is 1. The zero-order valence-corrected chi connectivity index (χ0v) is 13.4. The molecule has 0 aliphatic heterocycles. The number of H-pyrrole nitrogens is 1. The molecule has 1 aromatic carbocycles. The van der Waals surface area contributed by atoms with E-state index in [0.717, 1.165) is 19.3 Å². The van der Waals surface area contributed by atoms with Crippen molar-refractivity contribution >= 4 is 16.8 Å². The van der Waals surface area contributed by atoms with E-state index in [0.29, 0.717) is 18.4 Å². The van der Waals surface area contributed by atoms with E-state index in [2.05, 4.69) is 41.6 Å². The summed E-state index contributed by atoms with van der Waals surface area (Å²) in [4.78, 5) is 15.4. The van der Waals surface area contributed by atoms with Gasteiger partial charge in [0, 0.05) is 29.6 Å². The summed E-state index contributed by atoms with van der Waals surface area (Å²) in [5, 5.41) is 4.52. The number of hydrogen-bond donors (Lipinski definition) is 2. The monoisotopic (exact) mass is 298 g/mol. The van der Waals surface area contributed by atoms with Gasteiger partial charge in [-0.05, 0) is 43.2 Å². The molecule has 118 valence electrons. The Bertz CT molecular complexity index is 631. The van der Waals surface area contributed by atoms with Crippen LogP contribution in [-0.4, -0.2) is 16.9 Å². The van der Waals surface area contributed by atoms with Crippen molar-refractivity contribution in [3.63, 3.8) is 0 Å². The van der Waals surface area contributed by atoms with Crippen LogP contribution >= 0.6 is 0 Å². The van der Waals surface area contributed by atoms with Crippen LogP contribution in [0.4, 0.5) is 0 Å². The van der Waals surface area contributed by atoms with Gasteiger partial charge in [0.2, 0.25) is 5.91 Å². The third-order valence-corrected chi connectivity index (χ3v) is 4.98. The average molecular weight is 298 g/mol. The first-order valence-electron chi connectivity index (χ1n) is 8.58. The molecule has 2 N–H and O–H groups in total. The maximum Gasteiger partial charge on any atom is 0.220 e. The fraction of sp³-hybridized carbons (Fsp3) is 0.526. The van der Waals surface area contributed by atoms with Crippen molar-refractivity contribution in [2.75, 3.05) is 0 Å². The number of aryl methyl sites for hydroxylation is 1. The number of benzene rings is 1. The van der Waals surface area contributed by atoms with Crippen molar-refractivity contribution in [2.24, 2.45) is 5.92 Å². The molecule has 2 atom stereocenters. The first-order valence-corrected chi connectivity index (χ1v) is 8.58. The van der Waals surface area contributed by atoms with Crippen molar-refractivity contribution in [2.45, 2.75) is 57.9 Å². The standard InChI is InChI=1S/C19H26N2O/c1-14-7-2-4-10-17(14)21-19(22)12-6-8-15-13-20-18-11-5-3-9-16(15)18/h3,5,9,11,13-14,17,20H,2,4,6-8,10,12H2,1H3,(H,21,22). The van der Waals surface area contributed by atoms with Gasteiger partial charge in [0.25, 0.3) is 0 Å². The molecule has 3 nitrogen and oxygen atoms in total. The highest BCUT2D eigenvalue weighted by atomic mass is 16.1. The fourth-order valence-corrected chi connectivity index (χ4v) is 3.59. The van der Waals surface area contributed by atoms with Crippen molar-refractivity contribution in [3.8, 4) is 0 Å². The Morgan fingerprint density at radius 1 is 1.27 bits per heavy atom. The molecule has 1 aromatic heterocycles. The molecule has 2 aromatic rings. The second kappa shape index (κ2) is 6.99. The molecule has 1 aliphatic rings. The Morgan fingerprint density at radius 3 is 2.95 bits per heavy atom. The van der Waals surface area contributed by atoms with Crippen LogP contribution in [0.15, 0.2) is 30.5 Å². The molecule has 22 heavy (non-hydrogen) atoms. The third kappa shape index (κ3) is 3.52. The van der Waals surface area contributed by atoms with Gasteiger partial charge in [-0.1, -0.05) is 38.0 Å². The summed E-state index contributed by atoms with van der Waals surface area (Å²) in [7, 11) is 0. The molecule has 2 unspecified atom stereocenters. The fourth-order valence-electron chi connectivity index (χ4n) is 3.59. The summed E-state index contributed by atoms with van der Waals surface area (Å²) >= 11 is 0. The van der Waals surface area contributed by atoms with Gasteiger partial charge in [0.05, 0.1) is 0 Å². The molecule has 0 saturated heterocycles. The summed E-state index contributed by atoms with van der Waals surface area (Å²) in [6.07, 6.45) is 9.54. The first-order chi connectivity index (χ1) is 10.7. The molecule has 0 bridgehead atoms. The van der Waals surface area contributed by atoms with Crippen LogP contribution in [0.3, 0.4) is 0 Å². The average Bonchev–Trinajstić information content (AvgIpc) is 2.93. The van der Waals surface area contributed by atoms with Gasteiger partial charge in [0.15, 0.2) is 0 Å². The lowest BCUT2D eigenvalue weighted by atomic mass is 9.86. The Hall–Kier alpha value is -1.77. The second-order valence-corrected chi connectivity index (χ2v) is 6.65. The van der Waals surface area contributed by atoms with Gasteiger partial charge >= 0.3 is 0 Å². The maximum absolute atomic E-state index is 12.1. The van der Waals surface area contributed by atoms with Crippen molar-refractivity contribution in [3.05, 3.63) is 36.0 Å². The quantitative estimate of drug-likeness (QED) is 0.854. The van der Waals surface area contributed by atoms with Gasteiger partial charge < -0.3 is 10.3 Å². The van der Waals surface area contributed by atoms with Gasteiger partial charge in [-0.25, -0.2) is 0 Å². The maximum atomic E-state index is 12.1. The van der Waals surface area contributed by atoms with Crippen LogP contribution in [0.2, 0.25) is 0 Å². The molecule has 1 amide bonds. The van der Waals surface area contributed by atoms with Gasteiger partial charge in [-0.2, -0.15) is 0 Å². The number of carbonyl (C=O) groups excluding carboxylic acids is 1. The molecule has 3 heteroatoms. The molecule has 3 rings (SSSR count). The summed E-state index contributed by atoms with van der Waals surface area (Å²) in [6.45, 7) is 2.26. The van der Waals surface area contributed by atoms with Crippen molar-refractivity contribution < 1.29 is 4.79 Å². The number of aromatic nitrogens is 1. The minimum atomic E-state index is 0.221. The van der Waals surface area contributed by atoms with Gasteiger partial charge in [-0.3, -0.25) is 4.79 Å². The number of rotatable bonds is 5. The molecule has 0 spiro atoms. The first kappa shape index (κ1) is 15.1. The second-order valence-electron chi connectivity index (χ2n) is 6.65. The molecule has 1 heterocycles. The van der Waals surface area contributed by atoms with E-state index in [1.807, 2.05) is 6.07 Å². The summed E-state index contributed by atoms with van der Waals surface area (Å²) in [5.74, 6) is 0.852. The number of para-hydroxylation sites is 1. The van der Waals surface area contributed by atoms with E-state index < -0.39 is 0 Å². The van der Waals surface area contributed by atoms with Crippen LogP contribution in [0.1, 0.15) is 51.0 Å². The highest BCUT2D eigenvalue weighted by Crippen LogP contribution is 2.24. The highest BCUT2D eigenvalue weighted by Gasteiger charge is 2.22. The lowest BCUT2D eigenvalue weighted by Crippen LogP contribution is -2.40. The number of hydrogen-bond acceptors (Lipinski definition) is 1. The molecule has 1 fully saturated rings. The highest BCUT2D eigenvalue weighted by molar-refractivity contribution is 5.83. The molecular formula is C19H26N2O. The number of fused-ring (bicyclic) bond motifs is 1. The molecule has 1 saturated carbocycles. The Morgan fingerprint density at radius 2 is 2.09 bits per heavy atom. The Kier molecular flexibility index (Phi) is 4.81. The van der Waals surface area contributed by atoms with Crippen molar-refractivity contribution in [1.82, 2.24) is 10.3 Å². The SMILES string of the molecule is CC1CCCCC1NC(=O)CCCc1c[nH]c2ccccc12. The molecule has 1 aliphatic carbocycles. The van der Waals surface area contributed by atoms with Crippen LogP contribution in [0.25, 0.3) is 10.9 Å². The zero-order valence-electron chi connectivity index (χ0n) is 13.4. The van der Waals surface area contributed by atoms with Gasteiger partial charge in [-0.15, -0.1) is 0 Å². The molecule has 0 radical (unpaired) electrons. The van der Waals surface area contributed by atoms with Crippen LogP contribution in [-0.2, 0) is 11.2 Å². The zero-order chi connectivity index (χ0) is 15.4. The summed E-state index contributed by atoms with van der Waals surface area (Å²) in [6, 6.07) is 8.74.